The van der Waals surface area contributed by atoms with Crippen LogP contribution in [-0.2, 0) is 16.7 Å². The fourth-order valence-electron chi connectivity index (χ4n) is 2.58. The first-order valence-electron chi connectivity index (χ1n) is 6.95. The summed E-state index contributed by atoms with van der Waals surface area (Å²) in [6.45, 7) is 10.2. The van der Waals surface area contributed by atoms with Crippen LogP contribution < -0.4 is 4.74 Å². The van der Waals surface area contributed by atoms with E-state index < -0.39 is 0 Å². The van der Waals surface area contributed by atoms with Gasteiger partial charge in [-0.15, -0.1) is 0 Å². The Kier molecular flexibility index (Phi) is 3.06. The highest BCUT2D eigenvalue weighted by Gasteiger charge is 2.35. The number of likely N-dealkylation sites (tertiary alicyclic amines) is 1. The number of hydrogen-bond donors (Lipinski definition) is 0. The van der Waals surface area contributed by atoms with Crippen molar-refractivity contribution in [3.8, 4) is 5.88 Å². The normalized spacial score (nSPS) is 24.7. The number of methoxy groups -OCH3 is 1. The third-order valence-corrected chi connectivity index (χ3v) is 4.04. The van der Waals surface area contributed by atoms with Crippen LogP contribution in [0, 0.1) is 0 Å². The summed E-state index contributed by atoms with van der Waals surface area (Å²) in [5, 5.41) is 4.69. The minimum atomic E-state index is 0.0705. The first-order chi connectivity index (χ1) is 8.97. The number of aromatic nitrogens is 2. The van der Waals surface area contributed by atoms with Gasteiger partial charge in [0.1, 0.15) is 6.61 Å². The number of hydrogen-bond acceptors (Lipinski definition) is 4. The van der Waals surface area contributed by atoms with Gasteiger partial charge >= 0.3 is 0 Å². The zero-order valence-corrected chi connectivity index (χ0v) is 12.2. The molecule has 0 saturated carbocycles. The molecular weight excluding hydrogens is 242 g/mol. The van der Waals surface area contributed by atoms with Gasteiger partial charge in [-0.1, -0.05) is 20.8 Å². The Hall–Kier alpha value is -1.07. The number of nitrogens with zero attached hydrogens (tertiary/aromatic N) is 3. The largest absolute Gasteiger partial charge is 0.476 e. The van der Waals surface area contributed by atoms with Crippen molar-refractivity contribution in [2.24, 2.45) is 0 Å². The van der Waals surface area contributed by atoms with Gasteiger partial charge in [-0.2, -0.15) is 5.10 Å². The molecule has 1 aromatic rings. The van der Waals surface area contributed by atoms with Crippen molar-refractivity contribution in [3.05, 3.63) is 11.8 Å². The number of ether oxygens (including phenoxy) is 2. The van der Waals surface area contributed by atoms with E-state index in [1.165, 1.54) is 0 Å². The minimum absolute atomic E-state index is 0.0705. The molecule has 2 aliphatic heterocycles. The van der Waals surface area contributed by atoms with Crippen molar-refractivity contribution in [2.45, 2.75) is 44.9 Å². The van der Waals surface area contributed by atoms with Crippen LogP contribution in [0.1, 0.15) is 26.5 Å². The third-order valence-electron chi connectivity index (χ3n) is 4.04. The molecule has 2 aliphatic rings. The second-order valence-corrected chi connectivity index (χ2v) is 6.58. The highest BCUT2D eigenvalue weighted by atomic mass is 16.5. The molecule has 0 aliphatic carbocycles. The van der Waals surface area contributed by atoms with E-state index in [9.17, 15) is 0 Å². The molecule has 1 unspecified atom stereocenters. The van der Waals surface area contributed by atoms with Gasteiger partial charge in [-0.3, -0.25) is 4.90 Å². The SMILES string of the molecule is COC1CN(C2COc3cc(C(C)(C)C)nn3C2)C1. The van der Waals surface area contributed by atoms with Gasteiger partial charge in [0.2, 0.25) is 5.88 Å². The Morgan fingerprint density at radius 2 is 2.05 bits per heavy atom. The van der Waals surface area contributed by atoms with Crippen molar-refractivity contribution in [1.82, 2.24) is 14.7 Å². The zero-order valence-electron chi connectivity index (χ0n) is 12.2. The summed E-state index contributed by atoms with van der Waals surface area (Å²) in [4.78, 5) is 2.41. The Labute approximate surface area is 114 Å². The fraction of sp³-hybridized carbons (Fsp3) is 0.786. The standard InChI is InChI=1S/C14H23N3O2/c1-14(2,3)12-5-13-17(15-12)6-10(9-19-13)16-7-11(8-16)18-4/h5,10-11H,6-9H2,1-4H3. The van der Waals surface area contributed by atoms with E-state index in [2.05, 4.69) is 36.8 Å². The number of rotatable bonds is 2. The molecular formula is C14H23N3O2. The Balaban J connectivity index is 1.69. The van der Waals surface area contributed by atoms with Crippen LogP contribution in [0.15, 0.2) is 6.07 Å². The van der Waals surface area contributed by atoms with E-state index in [0.717, 1.165) is 37.8 Å². The molecule has 19 heavy (non-hydrogen) atoms. The molecule has 0 N–H and O–H groups in total. The van der Waals surface area contributed by atoms with Gasteiger partial charge in [-0.25, -0.2) is 4.68 Å². The van der Waals surface area contributed by atoms with Crippen LogP contribution in [0.25, 0.3) is 0 Å². The van der Waals surface area contributed by atoms with Crippen LogP contribution in [-0.4, -0.2) is 53.6 Å². The van der Waals surface area contributed by atoms with Gasteiger partial charge in [0.15, 0.2) is 0 Å². The molecule has 1 aromatic heterocycles. The topological polar surface area (TPSA) is 39.5 Å². The van der Waals surface area contributed by atoms with E-state index in [1.54, 1.807) is 7.11 Å². The Morgan fingerprint density at radius 3 is 2.68 bits per heavy atom. The van der Waals surface area contributed by atoms with Gasteiger partial charge < -0.3 is 9.47 Å². The average molecular weight is 265 g/mol. The lowest BCUT2D eigenvalue weighted by Crippen LogP contribution is -2.59. The van der Waals surface area contributed by atoms with Crippen LogP contribution in [0.4, 0.5) is 0 Å². The quantitative estimate of drug-likeness (QED) is 0.807. The van der Waals surface area contributed by atoms with Crippen molar-refractivity contribution in [3.63, 3.8) is 0 Å². The molecule has 5 nitrogen and oxygen atoms in total. The van der Waals surface area contributed by atoms with Crippen molar-refractivity contribution >= 4 is 0 Å². The molecule has 0 amide bonds. The first kappa shape index (κ1) is 12.9. The summed E-state index contributed by atoms with van der Waals surface area (Å²) in [5.41, 5.74) is 1.17. The predicted molar refractivity (Wildman–Crippen MR) is 72.6 cm³/mol. The predicted octanol–water partition coefficient (Wildman–Crippen LogP) is 1.27. The van der Waals surface area contributed by atoms with Crippen LogP contribution in [0.3, 0.4) is 0 Å². The van der Waals surface area contributed by atoms with E-state index in [4.69, 9.17) is 9.47 Å². The van der Waals surface area contributed by atoms with Crippen molar-refractivity contribution < 1.29 is 9.47 Å². The highest BCUT2D eigenvalue weighted by molar-refractivity contribution is 5.23. The molecule has 0 radical (unpaired) electrons. The lowest BCUT2D eigenvalue weighted by Gasteiger charge is -2.44. The van der Waals surface area contributed by atoms with Gasteiger partial charge in [0.25, 0.3) is 0 Å². The summed E-state index contributed by atoms with van der Waals surface area (Å²) in [5.74, 6) is 0.907. The second kappa shape index (κ2) is 4.49. The average Bonchev–Trinajstić information content (AvgIpc) is 2.70. The van der Waals surface area contributed by atoms with Crippen molar-refractivity contribution in [1.29, 1.82) is 0 Å². The molecule has 106 valence electrons. The van der Waals surface area contributed by atoms with E-state index in [1.807, 2.05) is 4.68 Å². The first-order valence-corrected chi connectivity index (χ1v) is 6.95. The van der Waals surface area contributed by atoms with Crippen LogP contribution >= 0.6 is 0 Å². The molecule has 3 heterocycles. The second-order valence-electron chi connectivity index (χ2n) is 6.58. The zero-order chi connectivity index (χ0) is 13.6. The van der Waals surface area contributed by atoms with E-state index >= 15 is 0 Å². The maximum Gasteiger partial charge on any atom is 0.212 e. The van der Waals surface area contributed by atoms with E-state index in [-0.39, 0.29) is 5.41 Å². The molecule has 0 spiro atoms. The highest BCUT2D eigenvalue weighted by Crippen LogP contribution is 2.29. The molecule has 1 fully saturated rings. The summed E-state index contributed by atoms with van der Waals surface area (Å²) in [6, 6.07) is 2.50. The molecule has 3 rings (SSSR count). The molecule has 5 heteroatoms. The van der Waals surface area contributed by atoms with E-state index in [0.29, 0.717) is 12.1 Å². The third kappa shape index (κ3) is 2.37. The van der Waals surface area contributed by atoms with Crippen molar-refractivity contribution in [2.75, 3.05) is 26.8 Å². The molecule has 0 aromatic carbocycles. The minimum Gasteiger partial charge on any atom is -0.476 e. The maximum atomic E-state index is 5.86. The van der Waals surface area contributed by atoms with Gasteiger partial charge in [0, 0.05) is 31.7 Å². The summed E-state index contributed by atoms with van der Waals surface area (Å²) in [6.07, 6.45) is 0.393. The summed E-state index contributed by atoms with van der Waals surface area (Å²) >= 11 is 0. The summed E-state index contributed by atoms with van der Waals surface area (Å²) in [7, 11) is 1.78. The van der Waals surface area contributed by atoms with Gasteiger partial charge in [-0.05, 0) is 0 Å². The van der Waals surface area contributed by atoms with Gasteiger partial charge in [0.05, 0.1) is 24.4 Å². The van der Waals surface area contributed by atoms with Crippen LogP contribution in [0.2, 0.25) is 0 Å². The maximum absolute atomic E-state index is 5.86. The summed E-state index contributed by atoms with van der Waals surface area (Å²) < 4.78 is 13.2. The lowest BCUT2D eigenvalue weighted by atomic mass is 9.93. The fourth-order valence-corrected chi connectivity index (χ4v) is 2.58. The molecule has 0 bridgehead atoms. The smallest absolute Gasteiger partial charge is 0.212 e. The van der Waals surface area contributed by atoms with Crippen LogP contribution in [0.5, 0.6) is 5.88 Å². The molecule has 1 saturated heterocycles. The Morgan fingerprint density at radius 1 is 1.32 bits per heavy atom. The Bertz CT molecular complexity index is 458. The lowest BCUT2D eigenvalue weighted by molar-refractivity contribution is -0.0684. The molecule has 1 atom stereocenters. The number of fused-ring (bicyclic) bond motifs is 1. The monoisotopic (exact) mass is 265 g/mol.